The molecule has 0 atom stereocenters. The molecule has 1 saturated heterocycles. The van der Waals surface area contributed by atoms with Gasteiger partial charge in [0.25, 0.3) is 5.91 Å². The van der Waals surface area contributed by atoms with Gasteiger partial charge in [-0.25, -0.2) is 0 Å². The van der Waals surface area contributed by atoms with Gasteiger partial charge >= 0.3 is 0 Å². The van der Waals surface area contributed by atoms with Crippen molar-refractivity contribution in [3.05, 3.63) is 71.3 Å². The zero-order valence-electron chi connectivity index (χ0n) is 14.6. The monoisotopic (exact) mass is 336 g/mol. The number of aryl methyl sites for hydroxylation is 1. The van der Waals surface area contributed by atoms with Crippen molar-refractivity contribution in [2.45, 2.75) is 26.3 Å². The lowest BCUT2D eigenvalue weighted by molar-refractivity contribution is -0.126. The number of piperidine rings is 1. The molecule has 1 fully saturated rings. The molecular weight excluding hydrogens is 312 g/mol. The third kappa shape index (κ3) is 4.47. The molecule has 3 rings (SSSR count). The molecule has 2 aromatic rings. The molecule has 4 nitrogen and oxygen atoms in total. The Morgan fingerprint density at radius 1 is 1.04 bits per heavy atom. The Morgan fingerprint density at radius 2 is 1.76 bits per heavy atom. The van der Waals surface area contributed by atoms with Gasteiger partial charge in [0.2, 0.25) is 5.91 Å². The summed E-state index contributed by atoms with van der Waals surface area (Å²) in [5, 5.41) is 3.01. The fourth-order valence-electron chi connectivity index (χ4n) is 3.23. The number of hydrogen-bond donors (Lipinski definition) is 1. The Kier molecular flexibility index (Phi) is 5.49. The van der Waals surface area contributed by atoms with Crippen molar-refractivity contribution in [3.8, 4) is 0 Å². The van der Waals surface area contributed by atoms with E-state index in [0.717, 1.165) is 29.5 Å². The summed E-state index contributed by atoms with van der Waals surface area (Å²) in [5.74, 6) is 0.142. The van der Waals surface area contributed by atoms with E-state index in [4.69, 9.17) is 0 Å². The summed E-state index contributed by atoms with van der Waals surface area (Å²) in [4.78, 5) is 26.8. The smallest absolute Gasteiger partial charge is 0.253 e. The van der Waals surface area contributed by atoms with Crippen molar-refractivity contribution in [1.82, 2.24) is 10.2 Å². The third-order valence-corrected chi connectivity index (χ3v) is 4.73. The zero-order valence-corrected chi connectivity index (χ0v) is 14.6. The van der Waals surface area contributed by atoms with Crippen LogP contribution in [0.5, 0.6) is 0 Å². The number of nitrogens with zero attached hydrogens (tertiary/aromatic N) is 1. The Morgan fingerprint density at radius 3 is 2.44 bits per heavy atom. The molecule has 4 heteroatoms. The molecule has 1 N–H and O–H groups in total. The summed E-state index contributed by atoms with van der Waals surface area (Å²) < 4.78 is 0. The van der Waals surface area contributed by atoms with Crippen LogP contribution in [0.4, 0.5) is 0 Å². The Hall–Kier alpha value is -2.62. The van der Waals surface area contributed by atoms with Gasteiger partial charge in [-0.2, -0.15) is 0 Å². The highest BCUT2D eigenvalue weighted by Gasteiger charge is 2.27. The molecule has 0 spiro atoms. The van der Waals surface area contributed by atoms with E-state index in [2.05, 4.69) is 5.32 Å². The summed E-state index contributed by atoms with van der Waals surface area (Å²) in [6, 6.07) is 17.6. The second-order valence-corrected chi connectivity index (χ2v) is 6.64. The van der Waals surface area contributed by atoms with Crippen LogP contribution < -0.4 is 5.32 Å². The fourth-order valence-corrected chi connectivity index (χ4v) is 3.23. The van der Waals surface area contributed by atoms with Crippen molar-refractivity contribution in [2.75, 3.05) is 13.1 Å². The number of hydrogen-bond acceptors (Lipinski definition) is 2. The highest BCUT2D eigenvalue weighted by molar-refractivity contribution is 5.94. The van der Waals surface area contributed by atoms with E-state index in [-0.39, 0.29) is 17.7 Å². The predicted molar refractivity (Wildman–Crippen MR) is 98.1 cm³/mol. The minimum atomic E-state index is -0.00901. The maximum absolute atomic E-state index is 12.6. The number of carbonyl (C=O) groups is 2. The minimum Gasteiger partial charge on any atom is -0.352 e. The van der Waals surface area contributed by atoms with E-state index in [9.17, 15) is 9.59 Å². The second-order valence-electron chi connectivity index (χ2n) is 6.64. The molecule has 1 aliphatic rings. The maximum atomic E-state index is 12.6. The maximum Gasteiger partial charge on any atom is 0.253 e. The summed E-state index contributed by atoms with van der Waals surface area (Å²) in [5.41, 5.74) is 2.91. The van der Waals surface area contributed by atoms with E-state index in [1.54, 1.807) is 0 Å². The Bertz CT molecular complexity index is 735. The first kappa shape index (κ1) is 17.2. The molecule has 0 radical (unpaired) electrons. The van der Waals surface area contributed by atoms with Gasteiger partial charge in [0.1, 0.15) is 0 Å². The number of benzene rings is 2. The van der Waals surface area contributed by atoms with Crippen LogP contribution in [0.1, 0.15) is 34.3 Å². The summed E-state index contributed by atoms with van der Waals surface area (Å²) in [6.07, 6.45) is 1.44. The Balaban J connectivity index is 1.49. The van der Waals surface area contributed by atoms with E-state index in [1.165, 1.54) is 0 Å². The summed E-state index contributed by atoms with van der Waals surface area (Å²) in [6.45, 7) is 3.81. The molecule has 0 unspecified atom stereocenters. The molecule has 0 aromatic heterocycles. The highest BCUT2D eigenvalue weighted by atomic mass is 16.2. The lowest BCUT2D eigenvalue weighted by Gasteiger charge is -2.31. The first-order valence-corrected chi connectivity index (χ1v) is 8.81. The van der Waals surface area contributed by atoms with Crippen LogP contribution in [-0.2, 0) is 11.3 Å². The van der Waals surface area contributed by atoms with Crippen LogP contribution >= 0.6 is 0 Å². The topological polar surface area (TPSA) is 49.4 Å². The van der Waals surface area contributed by atoms with Crippen LogP contribution in [0.15, 0.2) is 54.6 Å². The first-order valence-electron chi connectivity index (χ1n) is 8.81. The van der Waals surface area contributed by atoms with E-state index >= 15 is 0 Å². The normalized spacial score (nSPS) is 15.0. The van der Waals surface area contributed by atoms with Crippen LogP contribution in [0, 0.1) is 12.8 Å². The molecule has 25 heavy (non-hydrogen) atoms. The minimum absolute atomic E-state index is 0.00901. The Labute approximate surface area is 148 Å². The first-order chi connectivity index (χ1) is 12.1. The van der Waals surface area contributed by atoms with E-state index < -0.39 is 0 Å². The molecule has 0 aliphatic carbocycles. The summed E-state index contributed by atoms with van der Waals surface area (Å²) in [7, 11) is 0. The number of carbonyl (C=O) groups excluding carboxylic acids is 2. The molecule has 2 aromatic carbocycles. The summed E-state index contributed by atoms with van der Waals surface area (Å²) >= 11 is 0. The van der Waals surface area contributed by atoms with Crippen molar-refractivity contribution in [3.63, 3.8) is 0 Å². The van der Waals surface area contributed by atoms with Crippen molar-refractivity contribution >= 4 is 11.8 Å². The molecule has 2 amide bonds. The van der Waals surface area contributed by atoms with Gasteiger partial charge in [-0.1, -0.05) is 48.0 Å². The standard InChI is InChI=1S/C21H24N2O2/c1-16-6-5-9-19(14-16)21(25)23-12-10-18(11-13-23)20(24)22-15-17-7-3-2-4-8-17/h2-9,14,18H,10-13,15H2,1H3,(H,22,24). The molecular formula is C21H24N2O2. The number of likely N-dealkylation sites (tertiary alicyclic amines) is 1. The SMILES string of the molecule is Cc1cccc(C(=O)N2CCC(C(=O)NCc3ccccc3)CC2)c1. The average molecular weight is 336 g/mol. The third-order valence-electron chi connectivity index (χ3n) is 4.73. The zero-order chi connectivity index (χ0) is 17.6. The van der Waals surface area contributed by atoms with Crippen LogP contribution in [0.3, 0.4) is 0 Å². The predicted octanol–water partition coefficient (Wildman–Crippen LogP) is 3.16. The largest absolute Gasteiger partial charge is 0.352 e. The van der Waals surface area contributed by atoms with Gasteiger partial charge in [-0.15, -0.1) is 0 Å². The van der Waals surface area contributed by atoms with Gasteiger partial charge in [0.05, 0.1) is 0 Å². The van der Waals surface area contributed by atoms with Crippen LogP contribution in [0.2, 0.25) is 0 Å². The van der Waals surface area contributed by atoms with Crippen LogP contribution in [-0.4, -0.2) is 29.8 Å². The molecule has 0 bridgehead atoms. The van der Waals surface area contributed by atoms with Crippen molar-refractivity contribution < 1.29 is 9.59 Å². The fraction of sp³-hybridized carbons (Fsp3) is 0.333. The quantitative estimate of drug-likeness (QED) is 0.932. The number of nitrogens with one attached hydrogen (secondary N) is 1. The van der Waals surface area contributed by atoms with Gasteiger partial charge < -0.3 is 10.2 Å². The van der Waals surface area contributed by atoms with Crippen molar-refractivity contribution in [1.29, 1.82) is 0 Å². The molecule has 0 saturated carbocycles. The average Bonchev–Trinajstić information content (AvgIpc) is 2.66. The van der Waals surface area contributed by atoms with Crippen molar-refractivity contribution in [2.24, 2.45) is 5.92 Å². The van der Waals surface area contributed by atoms with Gasteiger partial charge in [-0.05, 0) is 37.5 Å². The number of amides is 2. The highest BCUT2D eigenvalue weighted by Crippen LogP contribution is 2.20. The molecule has 130 valence electrons. The number of rotatable bonds is 4. The van der Waals surface area contributed by atoms with E-state index in [1.807, 2.05) is 66.4 Å². The van der Waals surface area contributed by atoms with Gasteiger partial charge in [-0.3, -0.25) is 9.59 Å². The lowest BCUT2D eigenvalue weighted by Crippen LogP contribution is -2.42. The second kappa shape index (κ2) is 7.97. The van der Waals surface area contributed by atoms with Crippen LogP contribution in [0.25, 0.3) is 0 Å². The lowest BCUT2D eigenvalue weighted by atomic mass is 9.95. The van der Waals surface area contributed by atoms with Gasteiger partial charge in [0.15, 0.2) is 0 Å². The van der Waals surface area contributed by atoms with E-state index in [0.29, 0.717) is 19.6 Å². The van der Waals surface area contributed by atoms with Gasteiger partial charge in [0, 0.05) is 31.1 Å². The molecule has 1 aliphatic heterocycles. The molecule has 1 heterocycles.